The number of carbonyl (C=O) groups is 1. The number of carboxylic acid groups (broad SMARTS) is 1. The number of methoxy groups -OCH3 is 1. The molecule has 0 spiro atoms. The van der Waals surface area contributed by atoms with Crippen LogP contribution in [0.3, 0.4) is 0 Å². The van der Waals surface area contributed by atoms with E-state index in [1.165, 1.54) is 4.90 Å². The molecule has 1 heterocycles. The van der Waals surface area contributed by atoms with Crippen molar-refractivity contribution in [3.63, 3.8) is 0 Å². The maximum atomic E-state index is 10.8. The Hall–Kier alpha value is -1.43. The highest BCUT2D eigenvalue weighted by Gasteiger charge is 2.23. The number of piperidine rings is 1. The molecular formula is C13H16BrNO4. The van der Waals surface area contributed by atoms with E-state index in [0.29, 0.717) is 25.9 Å². The van der Waals surface area contributed by atoms with Crippen molar-refractivity contribution in [2.24, 2.45) is 0 Å². The van der Waals surface area contributed by atoms with Crippen molar-refractivity contribution in [3.05, 3.63) is 22.7 Å². The van der Waals surface area contributed by atoms with E-state index in [-0.39, 0.29) is 6.10 Å². The Bertz CT molecular complexity index is 458. The summed E-state index contributed by atoms with van der Waals surface area (Å²) in [4.78, 5) is 12.2. The molecule has 104 valence electrons. The second kappa shape index (κ2) is 6.14. The summed E-state index contributed by atoms with van der Waals surface area (Å²) in [5, 5.41) is 8.88. The minimum absolute atomic E-state index is 0.0506. The van der Waals surface area contributed by atoms with E-state index >= 15 is 0 Å². The molecule has 6 heteroatoms. The van der Waals surface area contributed by atoms with Crippen LogP contribution >= 0.6 is 15.9 Å². The molecule has 0 bridgehead atoms. The maximum absolute atomic E-state index is 10.8. The summed E-state index contributed by atoms with van der Waals surface area (Å²) in [6.45, 7) is 1.04. The van der Waals surface area contributed by atoms with E-state index in [2.05, 4.69) is 15.9 Å². The SMILES string of the molecule is COc1cc(Br)cc(OC2CCN(C(=O)O)CC2)c1. The van der Waals surface area contributed by atoms with Gasteiger partial charge in [0.2, 0.25) is 0 Å². The van der Waals surface area contributed by atoms with Crippen LogP contribution in [0.15, 0.2) is 22.7 Å². The lowest BCUT2D eigenvalue weighted by Crippen LogP contribution is -2.41. The van der Waals surface area contributed by atoms with Crippen LogP contribution < -0.4 is 9.47 Å². The third-order valence-electron chi connectivity index (χ3n) is 3.10. The van der Waals surface area contributed by atoms with E-state index in [1.54, 1.807) is 7.11 Å². The predicted octanol–water partition coefficient (Wildman–Crippen LogP) is 2.98. The lowest BCUT2D eigenvalue weighted by atomic mass is 10.1. The number of rotatable bonds is 3. The lowest BCUT2D eigenvalue weighted by Gasteiger charge is -2.30. The minimum atomic E-state index is -0.859. The third kappa shape index (κ3) is 3.76. The molecule has 0 unspecified atom stereocenters. The molecule has 2 rings (SSSR count). The summed E-state index contributed by atoms with van der Waals surface area (Å²) in [6.07, 6.45) is 0.611. The number of ether oxygens (including phenoxy) is 2. The minimum Gasteiger partial charge on any atom is -0.497 e. The zero-order chi connectivity index (χ0) is 13.8. The zero-order valence-electron chi connectivity index (χ0n) is 10.6. The van der Waals surface area contributed by atoms with Gasteiger partial charge in [-0.25, -0.2) is 4.79 Å². The Labute approximate surface area is 120 Å². The summed E-state index contributed by atoms with van der Waals surface area (Å²) in [7, 11) is 1.61. The number of hydrogen-bond acceptors (Lipinski definition) is 3. The highest BCUT2D eigenvalue weighted by molar-refractivity contribution is 9.10. The van der Waals surface area contributed by atoms with E-state index in [0.717, 1.165) is 16.0 Å². The number of likely N-dealkylation sites (tertiary alicyclic amines) is 1. The van der Waals surface area contributed by atoms with Gasteiger partial charge in [-0.15, -0.1) is 0 Å². The molecule has 0 radical (unpaired) electrons. The molecule has 1 aromatic rings. The largest absolute Gasteiger partial charge is 0.497 e. The smallest absolute Gasteiger partial charge is 0.407 e. The van der Waals surface area contributed by atoms with Crippen LogP contribution in [-0.2, 0) is 0 Å². The second-order valence-electron chi connectivity index (χ2n) is 4.41. The van der Waals surface area contributed by atoms with Gasteiger partial charge in [0.25, 0.3) is 0 Å². The van der Waals surface area contributed by atoms with Crippen LogP contribution in [0.2, 0.25) is 0 Å². The van der Waals surface area contributed by atoms with Crippen LogP contribution in [0.4, 0.5) is 4.79 Å². The Morgan fingerprint density at radius 1 is 1.32 bits per heavy atom. The number of hydrogen-bond donors (Lipinski definition) is 1. The normalized spacial score (nSPS) is 16.2. The van der Waals surface area contributed by atoms with Gasteiger partial charge in [-0.1, -0.05) is 15.9 Å². The van der Waals surface area contributed by atoms with Gasteiger partial charge >= 0.3 is 6.09 Å². The molecule has 0 saturated carbocycles. The summed E-state index contributed by atoms with van der Waals surface area (Å²) < 4.78 is 11.9. The number of nitrogens with zero attached hydrogens (tertiary/aromatic N) is 1. The van der Waals surface area contributed by atoms with Gasteiger partial charge in [0.15, 0.2) is 0 Å². The average Bonchev–Trinajstić information content (AvgIpc) is 2.38. The van der Waals surface area contributed by atoms with Crippen molar-refractivity contribution in [1.29, 1.82) is 0 Å². The molecule has 1 aliphatic heterocycles. The number of amides is 1. The first-order chi connectivity index (χ1) is 9.08. The first kappa shape index (κ1) is 14.0. The van der Waals surface area contributed by atoms with E-state index in [1.807, 2.05) is 18.2 Å². The Kier molecular flexibility index (Phi) is 4.52. The second-order valence-corrected chi connectivity index (χ2v) is 5.33. The fraction of sp³-hybridized carbons (Fsp3) is 0.462. The number of halogens is 1. The fourth-order valence-electron chi connectivity index (χ4n) is 2.08. The van der Waals surface area contributed by atoms with Crippen LogP contribution in [0, 0.1) is 0 Å². The van der Waals surface area contributed by atoms with Gasteiger partial charge in [-0.05, 0) is 12.1 Å². The molecular weight excluding hydrogens is 314 g/mol. The quantitative estimate of drug-likeness (QED) is 0.926. The van der Waals surface area contributed by atoms with Gasteiger partial charge in [0.05, 0.1) is 7.11 Å². The summed E-state index contributed by atoms with van der Waals surface area (Å²) in [5.74, 6) is 1.47. The van der Waals surface area contributed by atoms with Crippen molar-refractivity contribution in [3.8, 4) is 11.5 Å². The molecule has 1 aliphatic rings. The molecule has 1 aromatic carbocycles. The van der Waals surface area contributed by atoms with Crippen LogP contribution in [0.5, 0.6) is 11.5 Å². The van der Waals surface area contributed by atoms with Crippen molar-refractivity contribution in [2.45, 2.75) is 18.9 Å². The Balaban J connectivity index is 1.95. The van der Waals surface area contributed by atoms with Crippen LogP contribution in [-0.4, -0.2) is 42.4 Å². The van der Waals surface area contributed by atoms with Crippen molar-refractivity contribution >= 4 is 22.0 Å². The van der Waals surface area contributed by atoms with Gasteiger partial charge in [0, 0.05) is 36.5 Å². The molecule has 1 amide bonds. The standard InChI is InChI=1S/C13H16BrNO4/c1-18-11-6-9(14)7-12(8-11)19-10-2-4-15(5-3-10)13(16)17/h6-8,10H,2-5H2,1H3,(H,16,17). The topological polar surface area (TPSA) is 59.0 Å². The molecule has 0 atom stereocenters. The van der Waals surface area contributed by atoms with Gasteiger partial charge in [0.1, 0.15) is 17.6 Å². The maximum Gasteiger partial charge on any atom is 0.407 e. The highest BCUT2D eigenvalue weighted by atomic mass is 79.9. The molecule has 1 N–H and O–H groups in total. The highest BCUT2D eigenvalue weighted by Crippen LogP contribution is 2.28. The van der Waals surface area contributed by atoms with Crippen molar-refractivity contribution < 1.29 is 19.4 Å². The monoisotopic (exact) mass is 329 g/mol. The summed E-state index contributed by atoms with van der Waals surface area (Å²) in [5.41, 5.74) is 0. The first-order valence-electron chi connectivity index (χ1n) is 6.07. The third-order valence-corrected chi connectivity index (χ3v) is 3.55. The van der Waals surface area contributed by atoms with Gasteiger partial charge in [-0.2, -0.15) is 0 Å². The molecule has 0 aliphatic carbocycles. The van der Waals surface area contributed by atoms with E-state index in [4.69, 9.17) is 14.6 Å². The van der Waals surface area contributed by atoms with Gasteiger partial charge in [-0.3, -0.25) is 0 Å². The predicted molar refractivity (Wildman–Crippen MR) is 73.9 cm³/mol. The first-order valence-corrected chi connectivity index (χ1v) is 6.87. The Morgan fingerprint density at radius 3 is 2.53 bits per heavy atom. The number of benzene rings is 1. The van der Waals surface area contributed by atoms with Crippen LogP contribution in [0.1, 0.15) is 12.8 Å². The summed E-state index contributed by atoms with van der Waals surface area (Å²) in [6, 6.07) is 5.57. The Morgan fingerprint density at radius 2 is 1.95 bits per heavy atom. The van der Waals surface area contributed by atoms with Crippen molar-refractivity contribution in [1.82, 2.24) is 4.90 Å². The fourth-order valence-corrected chi connectivity index (χ4v) is 2.53. The lowest BCUT2D eigenvalue weighted by molar-refractivity contribution is 0.0893. The summed E-state index contributed by atoms with van der Waals surface area (Å²) >= 11 is 3.40. The molecule has 19 heavy (non-hydrogen) atoms. The molecule has 0 aromatic heterocycles. The van der Waals surface area contributed by atoms with Crippen molar-refractivity contribution in [2.75, 3.05) is 20.2 Å². The molecule has 1 fully saturated rings. The zero-order valence-corrected chi connectivity index (χ0v) is 12.2. The average molecular weight is 330 g/mol. The van der Waals surface area contributed by atoms with E-state index < -0.39 is 6.09 Å². The molecule has 1 saturated heterocycles. The van der Waals surface area contributed by atoms with Crippen LogP contribution in [0.25, 0.3) is 0 Å². The molecule has 5 nitrogen and oxygen atoms in total. The van der Waals surface area contributed by atoms with E-state index in [9.17, 15) is 4.79 Å². The van der Waals surface area contributed by atoms with Gasteiger partial charge < -0.3 is 19.5 Å².